The average molecular weight is 250 g/mol. The van der Waals surface area contributed by atoms with E-state index in [0.717, 1.165) is 6.42 Å². The van der Waals surface area contributed by atoms with Crippen LogP contribution in [0.5, 0.6) is 0 Å². The highest BCUT2D eigenvalue weighted by molar-refractivity contribution is 5.38. The van der Waals surface area contributed by atoms with Crippen LogP contribution in [-0.2, 0) is 11.2 Å². The summed E-state index contributed by atoms with van der Waals surface area (Å²) in [4.78, 5) is 0. The monoisotopic (exact) mass is 250 g/mol. The number of benzene rings is 1. The summed E-state index contributed by atoms with van der Waals surface area (Å²) in [6, 6.07) is 4.34. The normalized spacial score (nSPS) is 16.4. The van der Waals surface area contributed by atoms with Gasteiger partial charge in [0.2, 0.25) is 0 Å². The SMILES string of the molecule is CCC(C)(OC)C(O)Cc1c(C)cc(C)cc1C. The minimum absolute atomic E-state index is 0.468. The molecule has 0 fully saturated rings. The van der Waals surface area contributed by atoms with Gasteiger partial charge in [0.1, 0.15) is 0 Å². The van der Waals surface area contributed by atoms with Crippen LogP contribution in [0.25, 0.3) is 0 Å². The molecular weight excluding hydrogens is 224 g/mol. The van der Waals surface area contributed by atoms with Crippen LogP contribution in [0.2, 0.25) is 0 Å². The lowest BCUT2D eigenvalue weighted by Crippen LogP contribution is -2.42. The summed E-state index contributed by atoms with van der Waals surface area (Å²) in [6.45, 7) is 10.3. The van der Waals surface area contributed by atoms with E-state index in [9.17, 15) is 5.11 Å². The zero-order chi connectivity index (χ0) is 13.9. The van der Waals surface area contributed by atoms with Crippen molar-refractivity contribution in [1.82, 2.24) is 0 Å². The fraction of sp³-hybridized carbons (Fsp3) is 0.625. The number of rotatable bonds is 5. The summed E-state index contributed by atoms with van der Waals surface area (Å²) in [5, 5.41) is 10.4. The van der Waals surface area contributed by atoms with E-state index in [1.807, 2.05) is 13.8 Å². The Morgan fingerprint density at radius 1 is 1.22 bits per heavy atom. The molecule has 0 heterocycles. The summed E-state index contributed by atoms with van der Waals surface area (Å²) in [6.07, 6.45) is 0.970. The molecule has 1 aromatic carbocycles. The summed E-state index contributed by atoms with van der Waals surface area (Å²) in [7, 11) is 1.67. The fourth-order valence-electron chi connectivity index (χ4n) is 2.46. The molecule has 1 aromatic rings. The Kier molecular flexibility index (Phi) is 4.94. The van der Waals surface area contributed by atoms with Gasteiger partial charge in [-0.05, 0) is 50.8 Å². The Bertz CT molecular complexity index is 383. The Labute approximate surface area is 111 Å². The van der Waals surface area contributed by atoms with Gasteiger partial charge in [-0.15, -0.1) is 0 Å². The topological polar surface area (TPSA) is 29.5 Å². The lowest BCUT2D eigenvalue weighted by atomic mass is 9.87. The van der Waals surface area contributed by atoms with Gasteiger partial charge in [0.25, 0.3) is 0 Å². The van der Waals surface area contributed by atoms with Crippen molar-refractivity contribution in [2.24, 2.45) is 0 Å². The molecule has 0 bridgehead atoms. The van der Waals surface area contributed by atoms with Gasteiger partial charge in [0, 0.05) is 13.5 Å². The minimum atomic E-state index is -0.479. The number of methoxy groups -OCH3 is 1. The number of hydrogen-bond donors (Lipinski definition) is 1. The molecule has 1 N–H and O–H groups in total. The van der Waals surface area contributed by atoms with Crippen LogP contribution in [0.1, 0.15) is 42.5 Å². The van der Waals surface area contributed by atoms with Crippen LogP contribution < -0.4 is 0 Å². The van der Waals surface area contributed by atoms with E-state index in [-0.39, 0.29) is 0 Å². The van der Waals surface area contributed by atoms with Crippen molar-refractivity contribution >= 4 is 0 Å². The molecule has 0 amide bonds. The van der Waals surface area contributed by atoms with Crippen molar-refractivity contribution in [2.75, 3.05) is 7.11 Å². The summed E-state index contributed by atoms with van der Waals surface area (Å²) in [5.41, 5.74) is 4.55. The Morgan fingerprint density at radius 3 is 2.11 bits per heavy atom. The summed E-state index contributed by atoms with van der Waals surface area (Å²) >= 11 is 0. The number of aliphatic hydroxyl groups is 1. The van der Waals surface area contributed by atoms with Gasteiger partial charge in [-0.25, -0.2) is 0 Å². The Morgan fingerprint density at radius 2 is 1.72 bits per heavy atom. The van der Waals surface area contributed by atoms with Crippen molar-refractivity contribution in [1.29, 1.82) is 0 Å². The quantitative estimate of drug-likeness (QED) is 0.868. The standard InChI is InChI=1S/C16H26O2/c1-7-16(5,18-6)15(17)10-14-12(3)8-11(2)9-13(14)4/h8-9,15,17H,7,10H2,1-6H3. The van der Waals surface area contributed by atoms with Gasteiger partial charge in [-0.3, -0.25) is 0 Å². The molecule has 0 aromatic heterocycles. The molecule has 0 aliphatic carbocycles. The van der Waals surface area contributed by atoms with E-state index in [1.165, 1.54) is 22.3 Å². The summed E-state index contributed by atoms with van der Waals surface area (Å²) in [5.74, 6) is 0. The third kappa shape index (κ3) is 3.12. The fourth-order valence-corrected chi connectivity index (χ4v) is 2.46. The third-order valence-electron chi connectivity index (χ3n) is 4.11. The maximum absolute atomic E-state index is 10.4. The molecule has 2 heteroatoms. The first kappa shape index (κ1) is 15.2. The molecule has 0 spiro atoms. The van der Waals surface area contributed by atoms with Gasteiger partial charge >= 0.3 is 0 Å². The lowest BCUT2D eigenvalue weighted by Gasteiger charge is -2.33. The second-order valence-electron chi connectivity index (χ2n) is 5.47. The zero-order valence-electron chi connectivity index (χ0n) is 12.5. The maximum atomic E-state index is 10.4. The minimum Gasteiger partial charge on any atom is -0.390 e. The number of ether oxygens (including phenoxy) is 1. The van der Waals surface area contributed by atoms with Gasteiger partial charge in [-0.2, -0.15) is 0 Å². The first-order valence-electron chi connectivity index (χ1n) is 6.64. The first-order valence-corrected chi connectivity index (χ1v) is 6.64. The Hall–Kier alpha value is -0.860. The predicted octanol–water partition coefficient (Wildman–Crippen LogP) is 3.33. The highest BCUT2D eigenvalue weighted by Gasteiger charge is 2.31. The molecule has 2 unspecified atom stereocenters. The molecule has 0 aliphatic heterocycles. The number of aliphatic hydroxyl groups excluding tert-OH is 1. The summed E-state index contributed by atoms with van der Waals surface area (Å²) < 4.78 is 5.47. The van der Waals surface area contributed by atoms with Crippen molar-refractivity contribution in [3.05, 3.63) is 34.4 Å². The van der Waals surface area contributed by atoms with Gasteiger partial charge in [0.05, 0.1) is 11.7 Å². The van der Waals surface area contributed by atoms with Crippen molar-refractivity contribution in [3.8, 4) is 0 Å². The van der Waals surface area contributed by atoms with Crippen molar-refractivity contribution < 1.29 is 9.84 Å². The van der Waals surface area contributed by atoms with Crippen molar-refractivity contribution in [2.45, 2.75) is 59.2 Å². The molecular formula is C16H26O2. The second kappa shape index (κ2) is 5.85. The molecule has 2 atom stereocenters. The smallest absolute Gasteiger partial charge is 0.0909 e. The van der Waals surface area contributed by atoms with E-state index in [1.54, 1.807) is 7.11 Å². The van der Waals surface area contributed by atoms with E-state index in [2.05, 4.69) is 32.9 Å². The molecule has 18 heavy (non-hydrogen) atoms. The maximum Gasteiger partial charge on any atom is 0.0909 e. The second-order valence-corrected chi connectivity index (χ2v) is 5.47. The largest absolute Gasteiger partial charge is 0.390 e. The predicted molar refractivity (Wildman–Crippen MR) is 76.1 cm³/mol. The Balaban J connectivity index is 2.98. The highest BCUT2D eigenvalue weighted by Crippen LogP contribution is 2.25. The van der Waals surface area contributed by atoms with Crippen LogP contribution in [0.15, 0.2) is 12.1 Å². The molecule has 102 valence electrons. The van der Waals surface area contributed by atoms with E-state index in [4.69, 9.17) is 4.74 Å². The van der Waals surface area contributed by atoms with Crippen molar-refractivity contribution in [3.63, 3.8) is 0 Å². The molecule has 0 saturated heterocycles. The van der Waals surface area contributed by atoms with Crippen LogP contribution in [0.3, 0.4) is 0 Å². The van der Waals surface area contributed by atoms with Crippen LogP contribution in [-0.4, -0.2) is 23.9 Å². The van der Waals surface area contributed by atoms with Crippen LogP contribution >= 0.6 is 0 Å². The van der Waals surface area contributed by atoms with Gasteiger partial charge in [-0.1, -0.05) is 24.6 Å². The molecule has 2 nitrogen and oxygen atoms in total. The first-order chi connectivity index (χ1) is 8.34. The molecule has 1 rings (SSSR count). The van der Waals surface area contributed by atoms with Gasteiger partial charge < -0.3 is 9.84 Å². The van der Waals surface area contributed by atoms with E-state index < -0.39 is 11.7 Å². The lowest BCUT2D eigenvalue weighted by molar-refractivity contribution is -0.0915. The average Bonchev–Trinajstić information content (AvgIpc) is 2.32. The zero-order valence-corrected chi connectivity index (χ0v) is 12.5. The van der Waals surface area contributed by atoms with Gasteiger partial charge in [0.15, 0.2) is 0 Å². The highest BCUT2D eigenvalue weighted by atomic mass is 16.5. The third-order valence-corrected chi connectivity index (χ3v) is 4.11. The molecule has 0 aliphatic rings. The van der Waals surface area contributed by atoms with Crippen LogP contribution in [0.4, 0.5) is 0 Å². The van der Waals surface area contributed by atoms with Crippen LogP contribution in [0, 0.1) is 20.8 Å². The molecule has 0 radical (unpaired) electrons. The number of aryl methyl sites for hydroxylation is 3. The van der Waals surface area contributed by atoms with E-state index in [0.29, 0.717) is 6.42 Å². The van der Waals surface area contributed by atoms with E-state index >= 15 is 0 Å². The number of hydrogen-bond acceptors (Lipinski definition) is 2. The molecule has 0 saturated carbocycles.